The third kappa shape index (κ3) is 4.78. The number of nitrogens with zero attached hydrogens (tertiary/aromatic N) is 1. The molecule has 188 valence electrons. The van der Waals surface area contributed by atoms with Crippen LogP contribution in [0.2, 0.25) is 0 Å². The number of carbonyl (C=O) groups excluding carboxylic acids is 1. The lowest BCUT2D eigenvalue weighted by Gasteiger charge is -2.31. The Balaban J connectivity index is 0.00000304. The maximum Gasteiger partial charge on any atom is 0.316 e. The number of halogens is 1. The molecule has 0 aliphatic carbocycles. The highest BCUT2D eigenvalue weighted by Crippen LogP contribution is 2.48. The van der Waals surface area contributed by atoms with Gasteiger partial charge in [0, 0.05) is 28.8 Å². The van der Waals surface area contributed by atoms with Gasteiger partial charge in [-0.15, -0.1) is 12.4 Å². The van der Waals surface area contributed by atoms with Crippen LogP contribution in [0.5, 0.6) is 11.5 Å². The van der Waals surface area contributed by atoms with E-state index in [1.807, 2.05) is 30.3 Å². The molecule has 3 aromatic carbocycles. The first-order valence-corrected chi connectivity index (χ1v) is 11.8. The molecule has 0 bridgehead atoms. The maximum absolute atomic E-state index is 11.3. The number of primary amides is 1. The number of hydrogen-bond donors (Lipinski definition) is 2. The van der Waals surface area contributed by atoms with Crippen LogP contribution in [0.25, 0.3) is 11.1 Å². The summed E-state index contributed by atoms with van der Waals surface area (Å²) in [4.78, 5) is 16.6. The van der Waals surface area contributed by atoms with Crippen LogP contribution in [0, 0.1) is 0 Å². The summed E-state index contributed by atoms with van der Waals surface area (Å²) in [5.41, 5.74) is 13.0. The number of fused-ring (bicyclic) bond motifs is 3. The number of aliphatic imine (C=N–C) groups is 1. The van der Waals surface area contributed by atoms with Gasteiger partial charge in [-0.25, -0.2) is 4.79 Å². The number of urea groups is 1. The predicted molar refractivity (Wildman–Crippen MR) is 147 cm³/mol. The van der Waals surface area contributed by atoms with Gasteiger partial charge < -0.3 is 20.5 Å². The number of benzene rings is 3. The van der Waals surface area contributed by atoms with Crippen molar-refractivity contribution in [1.29, 1.82) is 0 Å². The zero-order valence-corrected chi connectivity index (χ0v) is 22.1. The van der Waals surface area contributed by atoms with Crippen molar-refractivity contribution in [3.05, 3.63) is 76.9 Å². The molecule has 0 radical (unpaired) electrons. The van der Waals surface area contributed by atoms with Gasteiger partial charge in [0.2, 0.25) is 0 Å². The molecule has 0 aromatic heterocycles. The molecule has 3 N–H and O–H groups in total. The van der Waals surface area contributed by atoms with Gasteiger partial charge in [0.1, 0.15) is 5.60 Å². The van der Waals surface area contributed by atoms with Crippen LogP contribution in [0.4, 0.5) is 10.5 Å². The van der Waals surface area contributed by atoms with E-state index < -0.39 is 6.03 Å². The molecule has 0 unspecified atom stereocenters. The zero-order valence-electron chi connectivity index (χ0n) is 21.3. The summed E-state index contributed by atoms with van der Waals surface area (Å²) >= 11 is 0. The number of amides is 2. The minimum Gasteiger partial charge on any atom is -0.493 e. The first kappa shape index (κ1) is 25.6. The van der Waals surface area contributed by atoms with Gasteiger partial charge in [0.15, 0.2) is 11.5 Å². The Morgan fingerprint density at radius 3 is 2.36 bits per heavy atom. The highest BCUT2D eigenvalue weighted by atomic mass is 35.5. The highest BCUT2D eigenvalue weighted by Gasteiger charge is 2.39. The first-order chi connectivity index (χ1) is 16.5. The highest BCUT2D eigenvalue weighted by molar-refractivity contribution is 6.16. The van der Waals surface area contributed by atoms with Crippen LogP contribution < -0.4 is 20.5 Å². The zero-order chi connectivity index (χ0) is 25.0. The number of carbonyl (C=O) groups is 1. The quantitative estimate of drug-likeness (QED) is 0.445. The van der Waals surface area contributed by atoms with E-state index in [2.05, 4.69) is 57.3 Å². The summed E-state index contributed by atoms with van der Waals surface area (Å²) in [5.74, 6) is 1.61. The second kappa shape index (κ2) is 9.17. The van der Waals surface area contributed by atoms with Gasteiger partial charge in [-0.1, -0.05) is 30.3 Å². The molecule has 2 heterocycles. The van der Waals surface area contributed by atoms with E-state index in [-0.39, 0.29) is 23.5 Å². The normalized spacial score (nSPS) is 16.5. The van der Waals surface area contributed by atoms with E-state index in [4.69, 9.17) is 20.2 Å². The van der Waals surface area contributed by atoms with E-state index in [1.54, 1.807) is 7.11 Å². The summed E-state index contributed by atoms with van der Waals surface area (Å²) in [5, 5.41) is 2.65. The number of anilines is 1. The van der Waals surface area contributed by atoms with Gasteiger partial charge in [0.05, 0.1) is 18.4 Å². The van der Waals surface area contributed by atoms with Gasteiger partial charge >= 0.3 is 6.03 Å². The van der Waals surface area contributed by atoms with E-state index in [9.17, 15) is 4.79 Å². The second-order valence-electron chi connectivity index (χ2n) is 10.6. The molecule has 5 rings (SSSR count). The van der Waals surface area contributed by atoms with Gasteiger partial charge in [-0.3, -0.25) is 4.99 Å². The molecule has 36 heavy (non-hydrogen) atoms. The van der Waals surface area contributed by atoms with Gasteiger partial charge in [-0.2, -0.15) is 0 Å². The molecule has 0 spiro atoms. The number of nitrogens with one attached hydrogen (secondary N) is 1. The Hall–Kier alpha value is -3.51. The van der Waals surface area contributed by atoms with Crippen molar-refractivity contribution < 1.29 is 14.3 Å². The third-order valence-electron chi connectivity index (χ3n) is 6.50. The minimum atomic E-state index is -0.583. The molecule has 7 heteroatoms. The van der Waals surface area contributed by atoms with Crippen molar-refractivity contribution in [2.24, 2.45) is 10.7 Å². The van der Waals surface area contributed by atoms with Gasteiger partial charge in [-0.05, 0) is 75.1 Å². The fraction of sp³-hybridized carbons (Fsp3) is 0.310. The Bertz CT molecular complexity index is 1380. The minimum absolute atomic E-state index is 0. The lowest BCUT2D eigenvalue weighted by molar-refractivity contribution is 0.134. The van der Waals surface area contributed by atoms with E-state index in [0.717, 1.165) is 57.9 Å². The molecule has 0 saturated carbocycles. The number of hydrogen-bond acceptors (Lipinski definition) is 4. The Labute approximate surface area is 218 Å². The predicted octanol–water partition coefficient (Wildman–Crippen LogP) is 6.16. The smallest absolute Gasteiger partial charge is 0.316 e. The molecule has 2 aliphatic heterocycles. The largest absolute Gasteiger partial charge is 0.493 e. The van der Waals surface area contributed by atoms with E-state index >= 15 is 0 Å². The van der Waals surface area contributed by atoms with Crippen molar-refractivity contribution in [3.63, 3.8) is 0 Å². The lowest BCUT2D eigenvalue weighted by atomic mass is 9.80. The van der Waals surface area contributed by atoms with Crippen molar-refractivity contribution in [1.82, 2.24) is 0 Å². The second-order valence-corrected chi connectivity index (χ2v) is 10.6. The Morgan fingerprint density at radius 2 is 1.67 bits per heavy atom. The van der Waals surface area contributed by atoms with Crippen LogP contribution in [-0.2, 0) is 12.8 Å². The summed E-state index contributed by atoms with van der Waals surface area (Å²) in [7, 11) is 1.70. The van der Waals surface area contributed by atoms with Crippen LogP contribution in [0.3, 0.4) is 0 Å². The molecule has 0 saturated heterocycles. The van der Waals surface area contributed by atoms with Crippen LogP contribution in [0.1, 0.15) is 49.9 Å². The average molecular weight is 506 g/mol. The van der Waals surface area contributed by atoms with Crippen LogP contribution in [-0.4, -0.2) is 30.0 Å². The summed E-state index contributed by atoms with van der Waals surface area (Å²) < 4.78 is 12.1. The molecular weight excluding hydrogens is 474 g/mol. The fourth-order valence-corrected chi connectivity index (χ4v) is 5.19. The fourth-order valence-electron chi connectivity index (χ4n) is 5.19. The van der Waals surface area contributed by atoms with Crippen molar-refractivity contribution >= 4 is 29.8 Å². The number of nitrogens with two attached hydrogens (primary N) is 1. The maximum atomic E-state index is 11.3. The molecule has 2 amide bonds. The average Bonchev–Trinajstić information content (AvgIpc) is 3.12. The molecule has 2 aliphatic rings. The first-order valence-electron chi connectivity index (χ1n) is 11.8. The molecular formula is C29H32ClN3O3. The lowest BCUT2D eigenvalue weighted by Crippen LogP contribution is -2.30. The Morgan fingerprint density at radius 1 is 1.00 bits per heavy atom. The number of ether oxygens (including phenoxy) is 2. The Kier molecular flexibility index (Phi) is 6.52. The molecule has 3 aromatic rings. The third-order valence-corrected chi connectivity index (χ3v) is 6.50. The summed E-state index contributed by atoms with van der Waals surface area (Å²) in [6.45, 7) is 8.55. The molecule has 0 fully saturated rings. The standard InChI is InChI=1S/C29H31N3O3.ClH/c1-28(2)15-20-14-23(34-5)26-22(16-29(3,4)35-26)24(20)25(32-28)19-10-6-8-17(12-19)18-9-7-11-21(13-18)31-27(30)33;/h6-14H,15-16H2,1-5H3,(H3,30,31,33);1H. The monoisotopic (exact) mass is 505 g/mol. The molecule has 0 atom stereocenters. The number of methoxy groups -OCH3 is 1. The van der Waals surface area contributed by atoms with E-state index in [0.29, 0.717) is 5.69 Å². The van der Waals surface area contributed by atoms with Gasteiger partial charge in [0.25, 0.3) is 0 Å². The van der Waals surface area contributed by atoms with Crippen LogP contribution in [0.15, 0.2) is 59.6 Å². The van der Waals surface area contributed by atoms with E-state index in [1.165, 1.54) is 5.56 Å². The summed E-state index contributed by atoms with van der Waals surface area (Å²) in [6, 6.07) is 17.6. The molecule has 6 nitrogen and oxygen atoms in total. The topological polar surface area (TPSA) is 85.9 Å². The number of rotatable bonds is 4. The van der Waals surface area contributed by atoms with Crippen LogP contribution >= 0.6 is 12.4 Å². The summed E-state index contributed by atoms with van der Waals surface area (Å²) in [6.07, 6.45) is 1.62. The van der Waals surface area contributed by atoms with Crippen molar-refractivity contribution in [2.75, 3.05) is 12.4 Å². The SMILES string of the molecule is COc1cc2c(c3c1OC(C)(C)C3)C(c1cccc(-c3cccc(NC(N)=O)c3)c1)=NC(C)(C)C2.Cl. The van der Waals surface area contributed by atoms with Crippen molar-refractivity contribution in [2.45, 2.75) is 51.7 Å². The van der Waals surface area contributed by atoms with Crippen molar-refractivity contribution in [3.8, 4) is 22.6 Å².